The van der Waals surface area contributed by atoms with Crippen LogP contribution in [0.4, 0.5) is 0 Å². The van der Waals surface area contributed by atoms with Gasteiger partial charge in [-0.3, -0.25) is 0 Å². The van der Waals surface area contributed by atoms with Crippen molar-refractivity contribution in [2.45, 2.75) is 27.3 Å². The van der Waals surface area contributed by atoms with Crippen molar-refractivity contribution in [1.29, 1.82) is 0 Å². The van der Waals surface area contributed by atoms with E-state index in [1.165, 1.54) is 6.07 Å². The van der Waals surface area contributed by atoms with Gasteiger partial charge < -0.3 is 9.84 Å². The number of nitrogens with zero attached hydrogens (tertiary/aromatic N) is 2. The van der Waals surface area contributed by atoms with Crippen LogP contribution in [-0.4, -0.2) is 27.5 Å². The maximum Gasteiger partial charge on any atom is 0.356 e. The molecular formula is C10H16N2O3. The molecule has 5 heteroatoms. The topological polar surface area (TPSA) is 64.4 Å². The summed E-state index contributed by atoms with van der Waals surface area (Å²) in [7, 11) is 0. The van der Waals surface area contributed by atoms with Gasteiger partial charge >= 0.3 is 5.97 Å². The van der Waals surface area contributed by atoms with Crippen molar-refractivity contribution in [2.75, 3.05) is 6.61 Å². The molecule has 0 atom stereocenters. The summed E-state index contributed by atoms with van der Waals surface area (Å²) in [6, 6.07) is 1.45. The molecule has 0 radical (unpaired) electrons. The van der Waals surface area contributed by atoms with Crippen molar-refractivity contribution >= 4 is 5.97 Å². The molecule has 0 bridgehead atoms. The molecule has 0 aromatic carbocycles. The van der Waals surface area contributed by atoms with Gasteiger partial charge in [0.1, 0.15) is 0 Å². The number of aryl methyl sites for hydroxylation is 1. The number of carboxylic acids is 1. The molecule has 1 rings (SSSR count). The number of hydrogen-bond acceptors (Lipinski definition) is 3. The molecule has 1 aromatic rings. The number of aromatic carboxylic acids is 1. The first-order valence-corrected chi connectivity index (χ1v) is 4.98. The molecule has 0 saturated heterocycles. The molecule has 0 aliphatic heterocycles. The minimum Gasteiger partial charge on any atom is -0.478 e. The second kappa shape index (κ2) is 4.82. The summed E-state index contributed by atoms with van der Waals surface area (Å²) >= 11 is 0. The lowest BCUT2D eigenvalue weighted by molar-refractivity contribution is 0.0689. The van der Waals surface area contributed by atoms with Gasteiger partial charge in [0.25, 0.3) is 0 Å². The van der Waals surface area contributed by atoms with Gasteiger partial charge in [0.05, 0.1) is 6.61 Å². The Balaban J connectivity index is 2.81. The molecule has 84 valence electrons. The third-order valence-electron chi connectivity index (χ3n) is 1.83. The summed E-state index contributed by atoms with van der Waals surface area (Å²) in [6.45, 7) is 7.11. The smallest absolute Gasteiger partial charge is 0.356 e. The molecule has 1 aromatic heterocycles. The van der Waals surface area contributed by atoms with E-state index in [0.717, 1.165) is 0 Å². The van der Waals surface area contributed by atoms with Crippen molar-refractivity contribution in [3.63, 3.8) is 0 Å². The summed E-state index contributed by atoms with van der Waals surface area (Å²) in [5.41, 5.74) is 0.0237. The Morgan fingerprint density at radius 1 is 1.67 bits per heavy atom. The monoisotopic (exact) mass is 212 g/mol. The van der Waals surface area contributed by atoms with Crippen LogP contribution < -0.4 is 4.74 Å². The predicted molar refractivity (Wildman–Crippen MR) is 55.2 cm³/mol. The molecule has 0 aliphatic rings. The van der Waals surface area contributed by atoms with Crippen LogP contribution in [0.1, 0.15) is 31.3 Å². The van der Waals surface area contributed by atoms with E-state index in [1.54, 1.807) is 4.68 Å². The Bertz CT molecular complexity index is 344. The van der Waals surface area contributed by atoms with Crippen LogP contribution in [0.3, 0.4) is 0 Å². The molecule has 1 heterocycles. The van der Waals surface area contributed by atoms with Gasteiger partial charge in [-0.25, -0.2) is 9.48 Å². The summed E-state index contributed by atoms with van der Waals surface area (Å²) in [5, 5.41) is 12.7. The van der Waals surface area contributed by atoms with Gasteiger partial charge in [-0.1, -0.05) is 13.8 Å². The largest absolute Gasteiger partial charge is 0.478 e. The summed E-state index contributed by atoms with van der Waals surface area (Å²) in [6.07, 6.45) is 0. The number of hydrogen-bond donors (Lipinski definition) is 1. The van der Waals surface area contributed by atoms with Crippen LogP contribution in [0, 0.1) is 5.92 Å². The van der Waals surface area contributed by atoms with E-state index in [0.29, 0.717) is 24.9 Å². The average molecular weight is 212 g/mol. The fraction of sp³-hybridized carbons (Fsp3) is 0.600. The first kappa shape index (κ1) is 11.6. The van der Waals surface area contributed by atoms with Gasteiger partial charge in [0.2, 0.25) is 5.88 Å². The van der Waals surface area contributed by atoms with Crippen molar-refractivity contribution in [2.24, 2.45) is 5.92 Å². The van der Waals surface area contributed by atoms with Crippen molar-refractivity contribution < 1.29 is 14.6 Å². The molecule has 0 unspecified atom stereocenters. The lowest BCUT2D eigenvalue weighted by Crippen LogP contribution is -2.09. The van der Waals surface area contributed by atoms with E-state index in [1.807, 2.05) is 20.8 Å². The fourth-order valence-corrected chi connectivity index (χ4v) is 1.10. The Morgan fingerprint density at radius 2 is 2.33 bits per heavy atom. The average Bonchev–Trinajstić information content (AvgIpc) is 2.57. The number of rotatable bonds is 5. The highest BCUT2D eigenvalue weighted by Crippen LogP contribution is 2.14. The Labute approximate surface area is 88.7 Å². The van der Waals surface area contributed by atoms with Crippen LogP contribution in [0.5, 0.6) is 5.88 Å². The van der Waals surface area contributed by atoms with Crippen molar-refractivity contribution in [1.82, 2.24) is 9.78 Å². The van der Waals surface area contributed by atoms with Gasteiger partial charge in [-0.05, 0) is 12.8 Å². The first-order valence-electron chi connectivity index (χ1n) is 4.98. The highest BCUT2D eigenvalue weighted by Gasteiger charge is 2.13. The zero-order valence-corrected chi connectivity index (χ0v) is 9.23. The quantitative estimate of drug-likeness (QED) is 0.805. The highest BCUT2D eigenvalue weighted by atomic mass is 16.5. The standard InChI is InChI=1S/C10H16N2O3/c1-4-12-9(15-6-7(2)3)5-8(11-12)10(13)14/h5,7H,4,6H2,1-3H3,(H,13,14). The van der Waals surface area contributed by atoms with E-state index in [4.69, 9.17) is 9.84 Å². The van der Waals surface area contributed by atoms with Crippen molar-refractivity contribution in [3.8, 4) is 5.88 Å². The van der Waals surface area contributed by atoms with Gasteiger partial charge in [0.15, 0.2) is 5.69 Å². The predicted octanol–water partition coefficient (Wildman–Crippen LogP) is 1.64. The second-order valence-electron chi connectivity index (χ2n) is 3.69. The van der Waals surface area contributed by atoms with E-state index in [-0.39, 0.29) is 5.69 Å². The van der Waals surface area contributed by atoms with E-state index >= 15 is 0 Å². The van der Waals surface area contributed by atoms with Gasteiger partial charge in [0, 0.05) is 12.6 Å². The lowest BCUT2D eigenvalue weighted by atomic mass is 10.2. The van der Waals surface area contributed by atoms with Crippen LogP contribution in [0.25, 0.3) is 0 Å². The number of carbonyl (C=O) groups is 1. The third-order valence-corrected chi connectivity index (χ3v) is 1.83. The highest BCUT2D eigenvalue weighted by molar-refractivity contribution is 5.85. The SMILES string of the molecule is CCn1nc(C(=O)O)cc1OCC(C)C. The molecule has 0 fully saturated rings. The zero-order chi connectivity index (χ0) is 11.4. The Kier molecular flexibility index (Phi) is 3.71. The van der Waals surface area contributed by atoms with Gasteiger partial charge in [-0.2, -0.15) is 5.10 Å². The number of carboxylic acid groups (broad SMARTS) is 1. The maximum atomic E-state index is 10.7. The van der Waals surface area contributed by atoms with Crippen molar-refractivity contribution in [3.05, 3.63) is 11.8 Å². The van der Waals surface area contributed by atoms with E-state index in [9.17, 15) is 4.79 Å². The normalized spacial score (nSPS) is 10.7. The zero-order valence-electron chi connectivity index (χ0n) is 9.23. The van der Waals surface area contributed by atoms with Crippen LogP contribution in [-0.2, 0) is 6.54 Å². The summed E-state index contributed by atoms with van der Waals surface area (Å²) in [5.74, 6) is -0.112. The molecule has 0 spiro atoms. The molecule has 5 nitrogen and oxygen atoms in total. The number of ether oxygens (including phenoxy) is 1. The molecule has 1 N–H and O–H groups in total. The third kappa shape index (κ3) is 2.97. The van der Waals surface area contributed by atoms with Gasteiger partial charge in [-0.15, -0.1) is 0 Å². The first-order chi connectivity index (χ1) is 7.04. The van der Waals surface area contributed by atoms with Crippen LogP contribution in [0.2, 0.25) is 0 Å². The summed E-state index contributed by atoms with van der Waals surface area (Å²) in [4.78, 5) is 10.7. The number of aromatic nitrogens is 2. The van der Waals surface area contributed by atoms with E-state index in [2.05, 4.69) is 5.10 Å². The van der Waals surface area contributed by atoms with E-state index < -0.39 is 5.97 Å². The Morgan fingerprint density at radius 3 is 2.80 bits per heavy atom. The molecule has 0 saturated carbocycles. The second-order valence-corrected chi connectivity index (χ2v) is 3.69. The minimum absolute atomic E-state index is 0.0237. The fourth-order valence-electron chi connectivity index (χ4n) is 1.10. The Hall–Kier alpha value is -1.52. The summed E-state index contributed by atoms with van der Waals surface area (Å²) < 4.78 is 7.00. The minimum atomic E-state index is -1.03. The maximum absolute atomic E-state index is 10.7. The molecule has 0 aliphatic carbocycles. The molecular weight excluding hydrogens is 196 g/mol. The lowest BCUT2D eigenvalue weighted by Gasteiger charge is -2.08. The van der Waals surface area contributed by atoms with Crippen LogP contribution >= 0.6 is 0 Å². The molecule has 15 heavy (non-hydrogen) atoms. The molecule has 0 amide bonds. The van der Waals surface area contributed by atoms with Crippen LogP contribution in [0.15, 0.2) is 6.07 Å².